The Labute approximate surface area is 149 Å². The molecular formula is C18H26ClN3O2. The molecule has 3 rings (SSSR count). The van der Waals surface area contributed by atoms with Crippen molar-refractivity contribution in [2.45, 2.75) is 50.7 Å². The van der Waals surface area contributed by atoms with Crippen molar-refractivity contribution in [2.24, 2.45) is 0 Å². The number of benzene rings is 1. The zero-order valence-electron chi connectivity index (χ0n) is 14.2. The number of likely N-dealkylation sites (N-methyl/N-ethyl adjacent to an activating group) is 1. The standard InChI is InChI=1S/C18H25N3O2.ClH/c1-12(22)13-4-3-5-14(8-13)20-18(23)11-21(2)17-9-15-6-7-16(10-17)19-15;/h3-5,8,15-17,19H,6-7,9-11H2,1-2H3,(H,20,23);1H. The Balaban J connectivity index is 0.00000208. The first-order chi connectivity index (χ1) is 11.0. The minimum Gasteiger partial charge on any atom is -0.325 e. The summed E-state index contributed by atoms with van der Waals surface area (Å²) in [7, 11) is 2.03. The predicted molar refractivity (Wildman–Crippen MR) is 97.9 cm³/mol. The maximum atomic E-state index is 12.3. The first-order valence-corrected chi connectivity index (χ1v) is 8.38. The van der Waals surface area contributed by atoms with E-state index in [9.17, 15) is 9.59 Å². The highest BCUT2D eigenvalue weighted by Crippen LogP contribution is 2.29. The number of carbonyl (C=O) groups is 2. The zero-order valence-corrected chi connectivity index (χ0v) is 15.1. The highest BCUT2D eigenvalue weighted by molar-refractivity contribution is 5.97. The molecule has 0 spiro atoms. The summed E-state index contributed by atoms with van der Waals surface area (Å²) in [5.41, 5.74) is 1.30. The van der Waals surface area contributed by atoms with E-state index in [-0.39, 0.29) is 24.1 Å². The van der Waals surface area contributed by atoms with Gasteiger partial charge in [-0.2, -0.15) is 0 Å². The lowest BCUT2D eigenvalue weighted by Crippen LogP contribution is -2.48. The van der Waals surface area contributed by atoms with Crippen LogP contribution in [0.2, 0.25) is 0 Å². The van der Waals surface area contributed by atoms with Crippen LogP contribution in [0.4, 0.5) is 5.69 Å². The monoisotopic (exact) mass is 351 g/mol. The van der Waals surface area contributed by atoms with Gasteiger partial charge in [-0.15, -0.1) is 12.4 Å². The topological polar surface area (TPSA) is 61.4 Å². The van der Waals surface area contributed by atoms with Crippen LogP contribution in [0.15, 0.2) is 24.3 Å². The molecule has 0 aromatic heterocycles. The van der Waals surface area contributed by atoms with Crippen molar-refractivity contribution in [1.29, 1.82) is 0 Å². The number of anilines is 1. The van der Waals surface area contributed by atoms with Gasteiger partial charge in [0.2, 0.25) is 5.91 Å². The fraction of sp³-hybridized carbons (Fsp3) is 0.556. The Morgan fingerprint density at radius 3 is 2.54 bits per heavy atom. The molecule has 2 atom stereocenters. The third kappa shape index (κ3) is 4.56. The van der Waals surface area contributed by atoms with Crippen molar-refractivity contribution in [3.63, 3.8) is 0 Å². The number of nitrogens with one attached hydrogen (secondary N) is 2. The number of ketones is 1. The first kappa shape index (κ1) is 18.9. The molecule has 2 bridgehead atoms. The molecule has 2 N–H and O–H groups in total. The van der Waals surface area contributed by atoms with Crippen LogP contribution in [0.3, 0.4) is 0 Å². The number of hydrogen-bond acceptors (Lipinski definition) is 4. The van der Waals surface area contributed by atoms with Gasteiger partial charge in [-0.3, -0.25) is 14.5 Å². The Morgan fingerprint density at radius 2 is 1.92 bits per heavy atom. The minimum absolute atomic E-state index is 0. The molecule has 2 unspecified atom stereocenters. The lowest BCUT2D eigenvalue weighted by atomic mass is 9.98. The van der Waals surface area contributed by atoms with Gasteiger partial charge in [0.15, 0.2) is 5.78 Å². The molecule has 2 aliphatic rings. The summed E-state index contributed by atoms with van der Waals surface area (Å²) in [6, 6.07) is 8.81. The lowest BCUT2D eigenvalue weighted by Gasteiger charge is -2.35. The average Bonchev–Trinajstić information content (AvgIpc) is 2.85. The van der Waals surface area contributed by atoms with Crippen molar-refractivity contribution in [1.82, 2.24) is 10.2 Å². The van der Waals surface area contributed by atoms with Crippen LogP contribution in [0.25, 0.3) is 0 Å². The van der Waals surface area contributed by atoms with Crippen LogP contribution in [0, 0.1) is 0 Å². The number of piperidine rings is 1. The molecular weight excluding hydrogens is 326 g/mol. The SMILES string of the molecule is CC(=O)c1cccc(NC(=O)CN(C)C2CC3CCC(C2)N3)c1.Cl. The van der Waals surface area contributed by atoms with E-state index in [4.69, 9.17) is 0 Å². The molecule has 6 heteroatoms. The predicted octanol–water partition coefficient (Wildman–Crippen LogP) is 2.46. The second kappa shape index (κ2) is 8.10. The third-order valence-corrected chi connectivity index (χ3v) is 5.02. The summed E-state index contributed by atoms with van der Waals surface area (Å²) in [5.74, 6) is -0.0255. The van der Waals surface area contributed by atoms with Crippen molar-refractivity contribution >= 4 is 29.8 Å². The molecule has 1 amide bonds. The number of carbonyl (C=O) groups excluding carboxylic acids is 2. The molecule has 0 aliphatic carbocycles. The van der Waals surface area contributed by atoms with E-state index in [0.717, 1.165) is 12.8 Å². The van der Waals surface area contributed by atoms with E-state index in [2.05, 4.69) is 15.5 Å². The number of hydrogen-bond donors (Lipinski definition) is 2. The van der Waals surface area contributed by atoms with Gasteiger partial charge in [-0.1, -0.05) is 12.1 Å². The smallest absolute Gasteiger partial charge is 0.238 e. The molecule has 2 aliphatic heterocycles. The number of amides is 1. The first-order valence-electron chi connectivity index (χ1n) is 8.38. The lowest BCUT2D eigenvalue weighted by molar-refractivity contribution is -0.117. The van der Waals surface area contributed by atoms with Crippen LogP contribution in [-0.4, -0.2) is 48.3 Å². The van der Waals surface area contributed by atoms with Gasteiger partial charge in [-0.05, 0) is 51.8 Å². The summed E-state index contributed by atoms with van der Waals surface area (Å²) < 4.78 is 0. The fourth-order valence-electron chi connectivity index (χ4n) is 3.76. The minimum atomic E-state index is -0.0286. The van der Waals surface area contributed by atoms with E-state index in [0.29, 0.717) is 35.9 Å². The molecule has 0 saturated carbocycles. The highest BCUT2D eigenvalue weighted by atomic mass is 35.5. The van der Waals surface area contributed by atoms with Crippen LogP contribution >= 0.6 is 12.4 Å². The van der Waals surface area contributed by atoms with Crippen molar-refractivity contribution < 1.29 is 9.59 Å². The average molecular weight is 352 g/mol. The Bertz CT molecular complexity index is 596. The van der Waals surface area contributed by atoms with Crippen LogP contribution < -0.4 is 10.6 Å². The Hall–Kier alpha value is -1.43. The summed E-state index contributed by atoms with van der Waals surface area (Å²) in [4.78, 5) is 25.8. The van der Waals surface area contributed by atoms with E-state index < -0.39 is 0 Å². The maximum absolute atomic E-state index is 12.3. The van der Waals surface area contributed by atoms with E-state index >= 15 is 0 Å². The zero-order chi connectivity index (χ0) is 16.4. The number of halogens is 1. The fourth-order valence-corrected chi connectivity index (χ4v) is 3.76. The second-order valence-corrected chi connectivity index (χ2v) is 6.86. The molecule has 1 aromatic rings. The van der Waals surface area contributed by atoms with Crippen molar-refractivity contribution in [3.05, 3.63) is 29.8 Å². The van der Waals surface area contributed by atoms with Gasteiger partial charge in [0, 0.05) is 29.4 Å². The Kier molecular flexibility index (Phi) is 6.38. The molecule has 5 nitrogen and oxygen atoms in total. The summed E-state index contributed by atoms with van der Waals surface area (Å²) in [6.45, 7) is 1.91. The van der Waals surface area contributed by atoms with E-state index in [1.807, 2.05) is 13.1 Å². The van der Waals surface area contributed by atoms with Crippen LogP contribution in [0.1, 0.15) is 43.0 Å². The van der Waals surface area contributed by atoms with Crippen molar-refractivity contribution in [2.75, 3.05) is 18.9 Å². The van der Waals surface area contributed by atoms with Gasteiger partial charge < -0.3 is 10.6 Å². The molecule has 2 saturated heterocycles. The molecule has 24 heavy (non-hydrogen) atoms. The van der Waals surface area contributed by atoms with Crippen LogP contribution in [0.5, 0.6) is 0 Å². The second-order valence-electron chi connectivity index (χ2n) is 6.86. The van der Waals surface area contributed by atoms with E-state index in [1.165, 1.54) is 19.8 Å². The third-order valence-electron chi connectivity index (χ3n) is 5.02. The van der Waals surface area contributed by atoms with Gasteiger partial charge >= 0.3 is 0 Å². The summed E-state index contributed by atoms with van der Waals surface area (Å²) >= 11 is 0. The molecule has 2 heterocycles. The van der Waals surface area contributed by atoms with Crippen LogP contribution in [-0.2, 0) is 4.79 Å². The number of nitrogens with zero attached hydrogens (tertiary/aromatic N) is 1. The number of rotatable bonds is 5. The van der Waals surface area contributed by atoms with Crippen molar-refractivity contribution in [3.8, 4) is 0 Å². The normalized spacial score (nSPS) is 25.2. The molecule has 0 radical (unpaired) electrons. The highest BCUT2D eigenvalue weighted by Gasteiger charge is 2.35. The maximum Gasteiger partial charge on any atom is 0.238 e. The summed E-state index contributed by atoms with van der Waals surface area (Å²) in [5, 5.41) is 6.52. The summed E-state index contributed by atoms with van der Waals surface area (Å²) in [6.07, 6.45) is 4.78. The van der Waals surface area contributed by atoms with Gasteiger partial charge in [0.1, 0.15) is 0 Å². The van der Waals surface area contributed by atoms with E-state index in [1.54, 1.807) is 18.2 Å². The number of fused-ring (bicyclic) bond motifs is 2. The molecule has 2 fully saturated rings. The number of Topliss-reactive ketones (excluding diaryl/α,β-unsaturated/α-hetero) is 1. The van der Waals surface area contributed by atoms with Gasteiger partial charge in [0.25, 0.3) is 0 Å². The molecule has 1 aromatic carbocycles. The quantitative estimate of drug-likeness (QED) is 0.800. The molecule has 132 valence electrons. The largest absolute Gasteiger partial charge is 0.325 e. The van der Waals surface area contributed by atoms with Gasteiger partial charge in [0.05, 0.1) is 6.54 Å². The van der Waals surface area contributed by atoms with Gasteiger partial charge in [-0.25, -0.2) is 0 Å². The Morgan fingerprint density at radius 1 is 1.25 bits per heavy atom.